The van der Waals surface area contributed by atoms with Crippen molar-refractivity contribution in [3.05, 3.63) is 24.3 Å². The fraction of sp³-hybridized carbons (Fsp3) is 0.455. The van der Waals surface area contributed by atoms with Crippen LogP contribution in [0.4, 0.5) is 13.2 Å². The van der Waals surface area contributed by atoms with Gasteiger partial charge >= 0.3 is 6.36 Å². The second-order valence-electron chi connectivity index (χ2n) is 3.63. The molecule has 5 heteroatoms. The van der Waals surface area contributed by atoms with Crippen molar-refractivity contribution in [2.45, 2.75) is 24.1 Å². The fourth-order valence-corrected chi connectivity index (χ4v) is 4.03. The highest BCUT2D eigenvalue weighted by Gasteiger charge is 2.31. The molecule has 0 bridgehead atoms. The first-order valence-electron chi connectivity index (χ1n) is 5.08. The topological polar surface area (TPSA) is 9.23 Å². The second kappa shape index (κ2) is 4.57. The average Bonchev–Trinajstić information content (AvgIpc) is 2.69. The van der Waals surface area contributed by atoms with Gasteiger partial charge in [0.1, 0.15) is 17.3 Å². The molecular weight excluding hydrogens is 237 g/mol. The van der Waals surface area contributed by atoms with Gasteiger partial charge < -0.3 is 4.74 Å². The molecule has 16 heavy (non-hydrogen) atoms. The van der Waals surface area contributed by atoms with E-state index in [1.807, 2.05) is 0 Å². The Morgan fingerprint density at radius 3 is 2.06 bits per heavy atom. The molecule has 1 nitrogen and oxygen atoms in total. The minimum absolute atomic E-state index is 0.140. The molecule has 1 aromatic carbocycles. The zero-order valence-corrected chi connectivity index (χ0v) is 9.40. The lowest BCUT2D eigenvalue weighted by Gasteiger charge is -2.08. The molecule has 0 unspecified atom stereocenters. The van der Waals surface area contributed by atoms with E-state index in [0.29, 0.717) is 0 Å². The standard InChI is InChI=1S/C11H12F3OS/c12-11(13,14)15-9-3-5-10(6-4-9)16-7-1-2-8-16/h3-6H,1-2,7-8H2/q+1. The van der Waals surface area contributed by atoms with Crippen LogP contribution in [-0.4, -0.2) is 17.9 Å². The van der Waals surface area contributed by atoms with Gasteiger partial charge in [-0.3, -0.25) is 0 Å². The van der Waals surface area contributed by atoms with Gasteiger partial charge in [-0.1, -0.05) is 0 Å². The van der Waals surface area contributed by atoms with Crippen LogP contribution in [0.2, 0.25) is 0 Å². The Hall–Kier alpha value is -0.840. The zero-order chi connectivity index (χ0) is 11.6. The Labute approximate surface area is 95.0 Å². The molecule has 0 N–H and O–H groups in total. The molecule has 0 amide bonds. The average molecular weight is 249 g/mol. The van der Waals surface area contributed by atoms with Gasteiger partial charge in [-0.05, 0) is 37.1 Å². The summed E-state index contributed by atoms with van der Waals surface area (Å²) < 4.78 is 39.6. The molecule has 1 aliphatic heterocycles. The van der Waals surface area contributed by atoms with Gasteiger partial charge in [-0.15, -0.1) is 13.2 Å². The molecule has 2 rings (SSSR count). The summed E-state index contributed by atoms with van der Waals surface area (Å²) in [6, 6.07) is 6.29. The number of alkyl halides is 3. The highest BCUT2D eigenvalue weighted by Crippen LogP contribution is 2.27. The van der Waals surface area contributed by atoms with Gasteiger partial charge in [0.2, 0.25) is 0 Å². The summed E-state index contributed by atoms with van der Waals surface area (Å²) in [5, 5.41) is 0. The summed E-state index contributed by atoms with van der Waals surface area (Å²) in [5.74, 6) is 2.19. The van der Waals surface area contributed by atoms with E-state index in [9.17, 15) is 13.2 Å². The highest BCUT2D eigenvalue weighted by molar-refractivity contribution is 7.97. The SMILES string of the molecule is FC(F)(F)Oc1ccc([S+]2CCCC2)cc1. The Balaban J connectivity index is 2.04. The van der Waals surface area contributed by atoms with Gasteiger partial charge in [0, 0.05) is 10.9 Å². The van der Waals surface area contributed by atoms with E-state index in [4.69, 9.17) is 0 Å². The number of benzene rings is 1. The van der Waals surface area contributed by atoms with Crippen molar-refractivity contribution in [1.82, 2.24) is 0 Å². The van der Waals surface area contributed by atoms with Crippen molar-refractivity contribution in [2.24, 2.45) is 0 Å². The molecule has 1 aliphatic rings. The van der Waals surface area contributed by atoms with Crippen molar-refractivity contribution >= 4 is 10.9 Å². The minimum atomic E-state index is -4.60. The maximum Gasteiger partial charge on any atom is 0.573 e. The molecule has 88 valence electrons. The first-order chi connectivity index (χ1) is 7.54. The number of rotatable bonds is 2. The summed E-state index contributed by atoms with van der Waals surface area (Å²) in [4.78, 5) is 1.15. The van der Waals surface area contributed by atoms with E-state index in [-0.39, 0.29) is 16.6 Å². The van der Waals surface area contributed by atoms with Crippen LogP contribution < -0.4 is 4.74 Å². The van der Waals surface area contributed by atoms with E-state index in [1.165, 1.54) is 36.5 Å². The lowest BCUT2D eigenvalue weighted by Crippen LogP contribution is -2.17. The monoisotopic (exact) mass is 249 g/mol. The van der Waals surface area contributed by atoms with Crippen LogP contribution in [-0.2, 0) is 10.9 Å². The van der Waals surface area contributed by atoms with Crippen molar-refractivity contribution in [2.75, 3.05) is 11.5 Å². The molecule has 0 saturated carbocycles. The van der Waals surface area contributed by atoms with Crippen LogP contribution in [0.1, 0.15) is 12.8 Å². The lowest BCUT2D eigenvalue weighted by molar-refractivity contribution is -0.274. The fourth-order valence-electron chi connectivity index (χ4n) is 1.72. The van der Waals surface area contributed by atoms with Crippen LogP contribution in [0.3, 0.4) is 0 Å². The van der Waals surface area contributed by atoms with E-state index in [2.05, 4.69) is 4.74 Å². The van der Waals surface area contributed by atoms with E-state index in [1.54, 1.807) is 12.1 Å². The quantitative estimate of drug-likeness (QED) is 0.730. The Morgan fingerprint density at radius 1 is 1.00 bits per heavy atom. The van der Waals surface area contributed by atoms with Crippen molar-refractivity contribution in [3.8, 4) is 5.75 Å². The predicted molar refractivity (Wildman–Crippen MR) is 57.7 cm³/mol. The van der Waals surface area contributed by atoms with E-state index < -0.39 is 6.36 Å². The Bertz CT molecular complexity index is 341. The third-order valence-electron chi connectivity index (χ3n) is 2.42. The van der Waals surface area contributed by atoms with Crippen LogP contribution in [0, 0.1) is 0 Å². The molecule has 1 heterocycles. The third kappa shape index (κ3) is 3.07. The summed E-state index contributed by atoms with van der Waals surface area (Å²) in [6.45, 7) is 0. The first kappa shape index (κ1) is 11.6. The smallest absolute Gasteiger partial charge is 0.406 e. The highest BCUT2D eigenvalue weighted by atomic mass is 32.2. The van der Waals surface area contributed by atoms with Crippen LogP contribution in [0.15, 0.2) is 29.2 Å². The molecule has 0 aliphatic carbocycles. The molecule has 0 spiro atoms. The Morgan fingerprint density at radius 2 is 1.56 bits per heavy atom. The molecule has 1 aromatic rings. The molecule has 0 aromatic heterocycles. The van der Waals surface area contributed by atoms with E-state index >= 15 is 0 Å². The molecule has 0 atom stereocenters. The lowest BCUT2D eigenvalue weighted by atomic mass is 10.3. The molecule has 0 radical (unpaired) electrons. The van der Waals surface area contributed by atoms with E-state index in [0.717, 1.165) is 4.90 Å². The van der Waals surface area contributed by atoms with Gasteiger partial charge in [0.15, 0.2) is 4.90 Å². The summed E-state index contributed by atoms with van der Waals surface area (Å²) >= 11 is 0. The maximum atomic E-state index is 11.9. The van der Waals surface area contributed by atoms with Gasteiger partial charge in [0.05, 0.1) is 0 Å². The summed E-state index contributed by atoms with van der Waals surface area (Å²) in [5.41, 5.74) is 0. The predicted octanol–water partition coefficient (Wildman–Crippen LogP) is 3.36. The van der Waals surface area contributed by atoms with Crippen molar-refractivity contribution < 1.29 is 17.9 Å². The van der Waals surface area contributed by atoms with Gasteiger partial charge in [-0.2, -0.15) is 0 Å². The number of halogens is 3. The molecule has 1 saturated heterocycles. The van der Waals surface area contributed by atoms with Crippen molar-refractivity contribution in [3.63, 3.8) is 0 Å². The molecule has 1 fully saturated rings. The number of ether oxygens (including phenoxy) is 1. The number of hydrogen-bond acceptors (Lipinski definition) is 1. The van der Waals surface area contributed by atoms with Crippen LogP contribution in [0.25, 0.3) is 0 Å². The number of hydrogen-bond donors (Lipinski definition) is 0. The largest absolute Gasteiger partial charge is 0.573 e. The van der Waals surface area contributed by atoms with Crippen LogP contribution >= 0.6 is 0 Å². The first-order valence-corrected chi connectivity index (χ1v) is 6.64. The van der Waals surface area contributed by atoms with Gasteiger partial charge in [-0.25, -0.2) is 0 Å². The third-order valence-corrected chi connectivity index (χ3v) is 4.92. The minimum Gasteiger partial charge on any atom is -0.406 e. The Kier molecular flexibility index (Phi) is 3.33. The normalized spacial score (nSPS) is 17.7. The maximum absolute atomic E-state index is 11.9. The van der Waals surface area contributed by atoms with Gasteiger partial charge in [0.25, 0.3) is 0 Å². The summed E-state index contributed by atoms with van der Waals surface area (Å²) in [7, 11) is 0.241. The summed E-state index contributed by atoms with van der Waals surface area (Å²) in [6.07, 6.45) is -2.15. The molecular formula is C11H12F3OS+. The van der Waals surface area contributed by atoms with Crippen molar-refractivity contribution in [1.29, 1.82) is 0 Å². The second-order valence-corrected chi connectivity index (χ2v) is 5.90. The zero-order valence-electron chi connectivity index (χ0n) is 8.59. The van der Waals surface area contributed by atoms with Crippen LogP contribution in [0.5, 0.6) is 5.75 Å².